The van der Waals surface area contributed by atoms with Crippen molar-refractivity contribution in [3.63, 3.8) is 0 Å². The highest BCUT2D eigenvalue weighted by molar-refractivity contribution is 6.30. The third kappa shape index (κ3) is 3.88. The molecule has 0 aliphatic carbocycles. The van der Waals surface area contributed by atoms with Crippen molar-refractivity contribution in [1.82, 2.24) is 9.97 Å². The molecule has 0 N–H and O–H groups in total. The number of hydrogen-bond donors (Lipinski definition) is 0. The lowest BCUT2D eigenvalue weighted by Crippen LogP contribution is -2.47. The molecule has 0 bridgehead atoms. The molecule has 26 heavy (non-hydrogen) atoms. The number of piperazine rings is 1. The second-order valence-electron chi connectivity index (χ2n) is 7.36. The van der Waals surface area contributed by atoms with Crippen LogP contribution in [0, 0.1) is 5.92 Å². The molecular weight excluding hydrogens is 346 g/mol. The SMILES string of the molecule is CC1CCCN(c2nccc(N3CCN(c4cccc(Cl)c4)CC3)n2)C1. The lowest BCUT2D eigenvalue weighted by atomic mass is 10.0. The van der Waals surface area contributed by atoms with Crippen molar-refractivity contribution in [2.45, 2.75) is 19.8 Å². The molecule has 0 radical (unpaired) electrons. The van der Waals surface area contributed by atoms with E-state index in [-0.39, 0.29) is 0 Å². The molecule has 3 heterocycles. The fraction of sp³-hybridized carbons (Fsp3) is 0.500. The van der Waals surface area contributed by atoms with Crippen LogP contribution in [0.15, 0.2) is 36.5 Å². The first-order valence-corrected chi connectivity index (χ1v) is 9.90. The Morgan fingerprint density at radius 2 is 1.81 bits per heavy atom. The maximum atomic E-state index is 6.13. The summed E-state index contributed by atoms with van der Waals surface area (Å²) in [5.41, 5.74) is 1.20. The second-order valence-corrected chi connectivity index (χ2v) is 7.80. The monoisotopic (exact) mass is 371 g/mol. The van der Waals surface area contributed by atoms with Gasteiger partial charge >= 0.3 is 0 Å². The Morgan fingerprint density at radius 1 is 1.00 bits per heavy atom. The normalized spacial score (nSPS) is 21.2. The zero-order valence-corrected chi connectivity index (χ0v) is 16.1. The zero-order valence-electron chi connectivity index (χ0n) is 15.3. The minimum absolute atomic E-state index is 0.720. The highest BCUT2D eigenvalue weighted by Gasteiger charge is 2.22. The van der Waals surface area contributed by atoms with E-state index in [9.17, 15) is 0 Å². The van der Waals surface area contributed by atoms with E-state index in [0.29, 0.717) is 0 Å². The number of hydrogen-bond acceptors (Lipinski definition) is 5. The number of halogens is 1. The van der Waals surface area contributed by atoms with E-state index < -0.39 is 0 Å². The van der Waals surface area contributed by atoms with Crippen LogP contribution in [0.25, 0.3) is 0 Å². The Labute approximate surface area is 160 Å². The number of rotatable bonds is 3. The predicted octanol–water partition coefficient (Wildman–Crippen LogP) is 3.69. The van der Waals surface area contributed by atoms with Crippen LogP contribution in [0.2, 0.25) is 5.02 Å². The van der Waals surface area contributed by atoms with Crippen LogP contribution in [-0.2, 0) is 0 Å². The minimum atomic E-state index is 0.720. The number of nitrogens with zero attached hydrogens (tertiary/aromatic N) is 5. The van der Waals surface area contributed by atoms with Gasteiger partial charge in [0.1, 0.15) is 5.82 Å². The molecule has 1 aromatic carbocycles. The van der Waals surface area contributed by atoms with Gasteiger partial charge in [0.05, 0.1) is 0 Å². The van der Waals surface area contributed by atoms with E-state index in [4.69, 9.17) is 16.6 Å². The Balaban J connectivity index is 1.42. The molecular formula is C20H26ClN5. The summed E-state index contributed by atoms with van der Waals surface area (Å²) < 4.78 is 0. The van der Waals surface area contributed by atoms with Gasteiger partial charge in [0.15, 0.2) is 0 Å². The van der Waals surface area contributed by atoms with Crippen molar-refractivity contribution in [2.24, 2.45) is 5.92 Å². The largest absolute Gasteiger partial charge is 0.368 e. The highest BCUT2D eigenvalue weighted by Crippen LogP contribution is 2.24. The van der Waals surface area contributed by atoms with Crippen LogP contribution in [0.4, 0.5) is 17.5 Å². The maximum absolute atomic E-state index is 6.13. The van der Waals surface area contributed by atoms with Gasteiger partial charge in [0.2, 0.25) is 5.95 Å². The molecule has 1 atom stereocenters. The molecule has 2 aromatic rings. The van der Waals surface area contributed by atoms with Crippen molar-refractivity contribution in [1.29, 1.82) is 0 Å². The van der Waals surface area contributed by atoms with Crippen LogP contribution in [0.5, 0.6) is 0 Å². The molecule has 5 nitrogen and oxygen atoms in total. The molecule has 2 fully saturated rings. The molecule has 6 heteroatoms. The predicted molar refractivity (Wildman–Crippen MR) is 109 cm³/mol. The van der Waals surface area contributed by atoms with E-state index in [2.05, 4.69) is 32.7 Å². The third-order valence-corrected chi connectivity index (χ3v) is 5.58. The second kappa shape index (κ2) is 7.70. The highest BCUT2D eigenvalue weighted by atomic mass is 35.5. The first-order chi connectivity index (χ1) is 12.7. The van der Waals surface area contributed by atoms with Gasteiger partial charge in [-0.2, -0.15) is 4.98 Å². The van der Waals surface area contributed by atoms with Gasteiger partial charge in [-0.3, -0.25) is 0 Å². The van der Waals surface area contributed by atoms with E-state index in [1.807, 2.05) is 30.5 Å². The third-order valence-electron chi connectivity index (χ3n) is 5.35. The average Bonchev–Trinajstić information content (AvgIpc) is 2.68. The van der Waals surface area contributed by atoms with E-state index in [1.54, 1.807) is 0 Å². The first-order valence-electron chi connectivity index (χ1n) is 9.52. The van der Waals surface area contributed by atoms with Crippen molar-refractivity contribution < 1.29 is 0 Å². The van der Waals surface area contributed by atoms with Crippen molar-refractivity contribution in [2.75, 3.05) is 54.0 Å². The molecule has 2 saturated heterocycles. The summed E-state index contributed by atoms with van der Waals surface area (Å²) in [6.07, 6.45) is 4.44. The van der Waals surface area contributed by atoms with Crippen molar-refractivity contribution in [3.8, 4) is 0 Å². The van der Waals surface area contributed by atoms with Gasteiger partial charge in [-0.15, -0.1) is 0 Å². The topological polar surface area (TPSA) is 35.5 Å². The Kier molecular flexibility index (Phi) is 5.16. The summed E-state index contributed by atoms with van der Waals surface area (Å²) in [5, 5.41) is 0.793. The summed E-state index contributed by atoms with van der Waals surface area (Å²) >= 11 is 6.13. The van der Waals surface area contributed by atoms with Gasteiger partial charge < -0.3 is 14.7 Å². The molecule has 2 aliphatic rings. The Hall–Kier alpha value is -2.01. The van der Waals surface area contributed by atoms with Gasteiger partial charge in [-0.25, -0.2) is 4.98 Å². The summed E-state index contributed by atoms with van der Waals surface area (Å²) in [7, 11) is 0. The standard InChI is InChI=1S/C20H26ClN5/c1-16-4-3-9-26(15-16)20-22-8-7-19(23-20)25-12-10-24(11-13-25)18-6-2-5-17(21)14-18/h2,5-8,14,16H,3-4,9-13,15H2,1H3. The number of aromatic nitrogens is 2. The van der Waals surface area contributed by atoms with Crippen LogP contribution < -0.4 is 14.7 Å². The van der Waals surface area contributed by atoms with Gasteiger partial charge in [-0.05, 0) is 43.0 Å². The van der Waals surface area contributed by atoms with Gasteiger partial charge in [0, 0.05) is 56.2 Å². The Morgan fingerprint density at radius 3 is 2.58 bits per heavy atom. The smallest absolute Gasteiger partial charge is 0.227 e. The zero-order chi connectivity index (χ0) is 17.9. The first kappa shape index (κ1) is 17.4. The van der Waals surface area contributed by atoms with Crippen LogP contribution in [-0.4, -0.2) is 49.2 Å². The maximum Gasteiger partial charge on any atom is 0.227 e. The molecule has 0 saturated carbocycles. The summed E-state index contributed by atoms with van der Waals surface area (Å²) in [4.78, 5) is 16.5. The fourth-order valence-corrected chi connectivity index (χ4v) is 4.09. The average molecular weight is 372 g/mol. The van der Waals surface area contributed by atoms with Crippen LogP contribution >= 0.6 is 11.6 Å². The van der Waals surface area contributed by atoms with Crippen LogP contribution in [0.1, 0.15) is 19.8 Å². The van der Waals surface area contributed by atoms with Gasteiger partial charge in [0.25, 0.3) is 0 Å². The summed E-state index contributed by atoms with van der Waals surface area (Å²) in [5.74, 6) is 2.64. The Bertz CT molecular complexity index is 744. The minimum Gasteiger partial charge on any atom is -0.368 e. The van der Waals surface area contributed by atoms with Crippen molar-refractivity contribution in [3.05, 3.63) is 41.6 Å². The van der Waals surface area contributed by atoms with Crippen LogP contribution in [0.3, 0.4) is 0 Å². The summed E-state index contributed by atoms with van der Waals surface area (Å²) in [6.45, 7) is 8.30. The molecule has 4 rings (SSSR count). The lowest BCUT2D eigenvalue weighted by Gasteiger charge is -2.37. The van der Waals surface area contributed by atoms with E-state index in [0.717, 1.165) is 62.0 Å². The number of benzene rings is 1. The molecule has 1 aromatic heterocycles. The molecule has 1 unspecified atom stereocenters. The lowest BCUT2D eigenvalue weighted by molar-refractivity contribution is 0.442. The quantitative estimate of drug-likeness (QED) is 0.822. The van der Waals surface area contributed by atoms with E-state index >= 15 is 0 Å². The van der Waals surface area contributed by atoms with Crippen molar-refractivity contribution >= 4 is 29.1 Å². The molecule has 0 spiro atoms. The van der Waals surface area contributed by atoms with E-state index in [1.165, 1.54) is 18.5 Å². The van der Waals surface area contributed by atoms with Gasteiger partial charge in [-0.1, -0.05) is 24.6 Å². The number of anilines is 3. The number of piperidine rings is 1. The molecule has 0 amide bonds. The molecule has 138 valence electrons. The molecule has 2 aliphatic heterocycles. The summed E-state index contributed by atoms with van der Waals surface area (Å²) in [6, 6.07) is 10.1. The fourth-order valence-electron chi connectivity index (χ4n) is 3.91.